The van der Waals surface area contributed by atoms with Gasteiger partial charge in [-0.3, -0.25) is 0 Å². The number of hydrogen-bond donors (Lipinski definition) is 0. The van der Waals surface area contributed by atoms with E-state index in [2.05, 4.69) is 243 Å². The molecule has 0 heterocycles. The van der Waals surface area contributed by atoms with Gasteiger partial charge in [-0.15, -0.1) is 0 Å². The Morgan fingerprint density at radius 3 is 1.58 bits per heavy atom. The summed E-state index contributed by atoms with van der Waals surface area (Å²) < 4.78 is 0. The van der Waals surface area contributed by atoms with Crippen LogP contribution in [0.25, 0.3) is 87.6 Å². The molecule has 0 unspecified atom stereocenters. The molecule has 0 amide bonds. The van der Waals surface area contributed by atoms with Crippen LogP contribution >= 0.6 is 0 Å². The average Bonchev–Trinajstić information content (AvgIpc) is 3.56. The lowest BCUT2D eigenvalue weighted by Crippen LogP contribution is -2.17. The van der Waals surface area contributed by atoms with Crippen molar-refractivity contribution in [2.24, 2.45) is 0 Å². The molecule has 0 saturated carbocycles. The summed E-state index contributed by atoms with van der Waals surface area (Å²) in [5.41, 5.74) is 15.8. The molecule has 0 saturated heterocycles. The second kappa shape index (κ2) is 14.2. The number of fused-ring (bicyclic) bond motifs is 10. The third-order valence-corrected chi connectivity index (χ3v) is 13.4. The molecule has 0 N–H and O–H groups in total. The number of rotatable bonds is 6. The van der Waals surface area contributed by atoms with Crippen molar-refractivity contribution in [3.05, 3.63) is 236 Å². The molecule has 0 aliphatic heterocycles. The average molecular weight is 790 g/mol. The molecule has 62 heavy (non-hydrogen) atoms. The Bertz CT molecular complexity index is 3520. The van der Waals surface area contributed by atoms with E-state index in [1.807, 2.05) is 0 Å². The van der Waals surface area contributed by atoms with Crippen LogP contribution in [0.5, 0.6) is 0 Å². The molecule has 292 valence electrons. The van der Waals surface area contributed by atoms with Crippen molar-refractivity contribution in [3.63, 3.8) is 0 Å². The van der Waals surface area contributed by atoms with Gasteiger partial charge in [-0.25, -0.2) is 0 Å². The van der Waals surface area contributed by atoms with Crippen molar-refractivity contribution >= 4 is 60.2 Å². The Kier molecular flexibility index (Phi) is 8.27. The Balaban J connectivity index is 1.06. The first-order valence-electron chi connectivity index (χ1n) is 21.7. The predicted molar refractivity (Wildman–Crippen MR) is 265 cm³/mol. The number of benzene rings is 11. The number of para-hydroxylation sites is 1. The molecule has 0 aromatic heterocycles. The van der Waals surface area contributed by atoms with Crippen LogP contribution in [0.4, 0.5) is 17.1 Å². The van der Waals surface area contributed by atoms with Crippen molar-refractivity contribution in [2.75, 3.05) is 4.90 Å². The first kappa shape index (κ1) is 36.1. The van der Waals surface area contributed by atoms with Crippen LogP contribution in [0.3, 0.4) is 0 Å². The van der Waals surface area contributed by atoms with Gasteiger partial charge in [0.05, 0.1) is 5.69 Å². The topological polar surface area (TPSA) is 3.24 Å². The molecule has 0 bridgehead atoms. The quantitative estimate of drug-likeness (QED) is 0.152. The lowest BCUT2D eigenvalue weighted by atomic mass is 9.81. The highest BCUT2D eigenvalue weighted by molar-refractivity contribution is 6.28. The second-order valence-corrected chi connectivity index (χ2v) is 17.3. The van der Waals surface area contributed by atoms with Gasteiger partial charge in [-0.2, -0.15) is 0 Å². The third-order valence-electron chi connectivity index (χ3n) is 13.4. The van der Waals surface area contributed by atoms with Gasteiger partial charge in [-0.1, -0.05) is 202 Å². The molecular weight excluding hydrogens is 747 g/mol. The highest BCUT2D eigenvalue weighted by Crippen LogP contribution is 2.52. The molecule has 1 heteroatoms. The fraction of sp³-hybridized carbons (Fsp3) is 0.0492. The van der Waals surface area contributed by atoms with Crippen LogP contribution in [-0.4, -0.2) is 0 Å². The minimum atomic E-state index is -0.197. The molecule has 1 aliphatic rings. The molecule has 12 rings (SSSR count). The van der Waals surface area contributed by atoms with Crippen LogP contribution in [0.1, 0.15) is 25.0 Å². The Morgan fingerprint density at radius 2 is 0.823 bits per heavy atom. The fourth-order valence-corrected chi connectivity index (χ4v) is 10.3. The Morgan fingerprint density at radius 1 is 0.306 bits per heavy atom. The van der Waals surface area contributed by atoms with E-state index in [9.17, 15) is 0 Å². The van der Waals surface area contributed by atoms with Crippen molar-refractivity contribution in [3.8, 4) is 44.5 Å². The van der Waals surface area contributed by atoms with Crippen LogP contribution in [0.2, 0.25) is 0 Å². The van der Waals surface area contributed by atoms with Crippen molar-refractivity contribution in [1.29, 1.82) is 0 Å². The van der Waals surface area contributed by atoms with Crippen molar-refractivity contribution in [2.45, 2.75) is 19.3 Å². The summed E-state index contributed by atoms with van der Waals surface area (Å²) >= 11 is 0. The smallest absolute Gasteiger partial charge is 0.0540 e. The normalized spacial score (nSPS) is 12.8. The number of nitrogens with zero attached hydrogens (tertiary/aromatic N) is 1. The molecular formula is C61H43N. The van der Waals surface area contributed by atoms with E-state index in [0.29, 0.717) is 0 Å². The first-order valence-corrected chi connectivity index (χ1v) is 21.7. The summed E-state index contributed by atoms with van der Waals surface area (Å²) in [5, 5.41) is 10.2. The minimum absolute atomic E-state index is 0.197. The number of hydrogen-bond acceptors (Lipinski definition) is 1. The highest BCUT2D eigenvalue weighted by atomic mass is 15.1. The van der Waals surface area contributed by atoms with E-state index in [1.165, 1.54) is 98.7 Å². The maximum absolute atomic E-state index is 2.47. The molecule has 0 spiro atoms. The molecule has 1 nitrogen and oxygen atoms in total. The Hall–Kier alpha value is -7.74. The van der Waals surface area contributed by atoms with Gasteiger partial charge in [0.2, 0.25) is 0 Å². The van der Waals surface area contributed by atoms with E-state index in [0.717, 1.165) is 17.1 Å². The van der Waals surface area contributed by atoms with Gasteiger partial charge in [-0.05, 0) is 130 Å². The van der Waals surface area contributed by atoms with Crippen LogP contribution in [-0.2, 0) is 5.41 Å². The molecule has 0 atom stereocenters. The summed E-state index contributed by atoms with van der Waals surface area (Å²) in [6.45, 7) is 4.77. The molecule has 0 fully saturated rings. The first-order chi connectivity index (χ1) is 30.5. The van der Waals surface area contributed by atoms with Gasteiger partial charge in [0.15, 0.2) is 0 Å². The standard InChI is InChI=1S/C61H43N/c1-61(2)56-38-46(41-16-7-4-8-17-41)31-36-52(56)53-37-34-48(39-57(53)61)62(47-32-28-42(29-33-47)40-14-5-3-6-15-40)58-23-12-11-20-54(58)50-21-13-22-55-51(50)35-30-45-27-26-44-25-24-43-18-9-10-19-49(43)59(44)60(45)55/h3-39H,1-2H3. The van der Waals surface area contributed by atoms with E-state index >= 15 is 0 Å². The summed E-state index contributed by atoms with van der Waals surface area (Å²) in [4.78, 5) is 2.47. The van der Waals surface area contributed by atoms with Crippen molar-refractivity contribution < 1.29 is 0 Å². The van der Waals surface area contributed by atoms with Gasteiger partial charge < -0.3 is 4.90 Å². The fourth-order valence-electron chi connectivity index (χ4n) is 10.3. The molecule has 11 aromatic rings. The lowest BCUT2D eigenvalue weighted by Gasteiger charge is -2.30. The minimum Gasteiger partial charge on any atom is -0.310 e. The second-order valence-electron chi connectivity index (χ2n) is 17.3. The third kappa shape index (κ3) is 5.70. The number of anilines is 3. The summed E-state index contributed by atoms with van der Waals surface area (Å²) in [7, 11) is 0. The maximum atomic E-state index is 2.47. The van der Waals surface area contributed by atoms with E-state index in [-0.39, 0.29) is 5.41 Å². The van der Waals surface area contributed by atoms with Gasteiger partial charge >= 0.3 is 0 Å². The zero-order valence-electron chi connectivity index (χ0n) is 34.8. The van der Waals surface area contributed by atoms with Crippen LogP contribution < -0.4 is 4.90 Å². The SMILES string of the molecule is CC1(C)c2cc(-c3ccccc3)ccc2-c2ccc(N(c3ccc(-c4ccccc4)cc3)c3ccccc3-c3cccc4c3ccc3ccc5ccc6ccccc6c5c34)cc21. The van der Waals surface area contributed by atoms with Crippen LogP contribution in [0.15, 0.2) is 224 Å². The van der Waals surface area contributed by atoms with E-state index in [4.69, 9.17) is 0 Å². The molecule has 11 aromatic carbocycles. The van der Waals surface area contributed by atoms with E-state index in [1.54, 1.807) is 0 Å². The highest BCUT2D eigenvalue weighted by Gasteiger charge is 2.36. The lowest BCUT2D eigenvalue weighted by molar-refractivity contribution is 0.660. The monoisotopic (exact) mass is 789 g/mol. The molecule has 0 radical (unpaired) electrons. The largest absolute Gasteiger partial charge is 0.310 e. The van der Waals surface area contributed by atoms with Gasteiger partial charge in [0.25, 0.3) is 0 Å². The van der Waals surface area contributed by atoms with Gasteiger partial charge in [0, 0.05) is 22.4 Å². The van der Waals surface area contributed by atoms with Gasteiger partial charge in [0.1, 0.15) is 0 Å². The van der Waals surface area contributed by atoms with Crippen molar-refractivity contribution in [1.82, 2.24) is 0 Å². The Labute approximate surface area is 362 Å². The summed E-state index contributed by atoms with van der Waals surface area (Å²) in [6.07, 6.45) is 0. The molecule has 1 aliphatic carbocycles. The van der Waals surface area contributed by atoms with Crippen LogP contribution in [0, 0.1) is 0 Å². The van der Waals surface area contributed by atoms with E-state index < -0.39 is 0 Å². The zero-order valence-corrected chi connectivity index (χ0v) is 34.8. The zero-order chi connectivity index (χ0) is 41.4. The maximum Gasteiger partial charge on any atom is 0.0540 e. The predicted octanol–water partition coefficient (Wildman–Crippen LogP) is 17.1. The summed E-state index contributed by atoms with van der Waals surface area (Å²) in [5.74, 6) is 0. The summed E-state index contributed by atoms with van der Waals surface area (Å²) in [6, 6.07) is 83.0.